The van der Waals surface area contributed by atoms with Crippen LogP contribution < -0.4 is 0 Å². The van der Waals surface area contributed by atoms with Gasteiger partial charge >= 0.3 is 5.97 Å². The number of carbonyl (C=O) groups is 1. The van der Waals surface area contributed by atoms with Gasteiger partial charge in [0.05, 0.1) is 12.1 Å². The van der Waals surface area contributed by atoms with E-state index >= 15 is 0 Å². The van der Waals surface area contributed by atoms with Gasteiger partial charge in [-0.3, -0.25) is 9.69 Å². The van der Waals surface area contributed by atoms with Gasteiger partial charge in [0.25, 0.3) is 0 Å². The molecule has 4 nitrogen and oxygen atoms in total. The molecule has 0 heterocycles. The number of nitriles is 1. The monoisotopic (exact) mass is 170 g/mol. The van der Waals surface area contributed by atoms with Gasteiger partial charge in [0.2, 0.25) is 0 Å². The largest absolute Gasteiger partial charge is 0.480 e. The lowest BCUT2D eigenvalue weighted by Gasteiger charge is -2.25. The molecule has 0 spiro atoms. The molecule has 0 rings (SSSR count). The maximum atomic E-state index is 10.6. The average Bonchev–Trinajstić information content (AvgIpc) is 2.03. The summed E-state index contributed by atoms with van der Waals surface area (Å²) < 4.78 is 0. The molecular weight excluding hydrogens is 156 g/mol. The van der Waals surface area contributed by atoms with E-state index in [2.05, 4.69) is 0 Å². The molecular formula is C8H14N2O2. The number of carboxylic acids is 1. The molecule has 2 unspecified atom stereocenters. The molecule has 12 heavy (non-hydrogen) atoms. The summed E-state index contributed by atoms with van der Waals surface area (Å²) in [5, 5.41) is 17.3. The molecule has 4 heteroatoms. The Morgan fingerprint density at radius 3 is 2.50 bits per heavy atom. The van der Waals surface area contributed by atoms with E-state index in [0.717, 1.165) is 0 Å². The molecule has 0 amide bonds. The van der Waals surface area contributed by atoms with Crippen LogP contribution in [0.3, 0.4) is 0 Å². The summed E-state index contributed by atoms with van der Waals surface area (Å²) >= 11 is 0. The first kappa shape index (κ1) is 10.9. The fraction of sp³-hybridized carbons (Fsp3) is 0.750. The molecule has 0 radical (unpaired) electrons. The van der Waals surface area contributed by atoms with Crippen molar-refractivity contribution in [2.24, 2.45) is 0 Å². The zero-order chi connectivity index (χ0) is 9.72. The van der Waals surface area contributed by atoms with Crippen LogP contribution in [0.1, 0.15) is 20.3 Å². The lowest BCUT2D eigenvalue weighted by molar-refractivity contribution is -0.143. The molecule has 0 aromatic rings. The van der Waals surface area contributed by atoms with Crippen LogP contribution in [0.5, 0.6) is 0 Å². The van der Waals surface area contributed by atoms with Crippen molar-refractivity contribution in [3.63, 3.8) is 0 Å². The van der Waals surface area contributed by atoms with Gasteiger partial charge in [0, 0.05) is 0 Å². The highest BCUT2D eigenvalue weighted by Gasteiger charge is 2.23. The first-order chi connectivity index (χ1) is 5.54. The van der Waals surface area contributed by atoms with Gasteiger partial charge in [0.15, 0.2) is 0 Å². The summed E-state index contributed by atoms with van der Waals surface area (Å²) in [6, 6.07) is 1.09. The molecule has 0 aromatic carbocycles. The van der Waals surface area contributed by atoms with Gasteiger partial charge in [-0.2, -0.15) is 5.26 Å². The summed E-state index contributed by atoms with van der Waals surface area (Å²) in [5.41, 5.74) is 0. The van der Waals surface area contributed by atoms with Gasteiger partial charge in [-0.15, -0.1) is 0 Å². The van der Waals surface area contributed by atoms with E-state index in [0.29, 0.717) is 6.42 Å². The number of rotatable bonds is 4. The van der Waals surface area contributed by atoms with E-state index in [-0.39, 0.29) is 6.04 Å². The molecule has 0 bridgehead atoms. The predicted molar refractivity (Wildman–Crippen MR) is 44.6 cm³/mol. The molecule has 0 aliphatic rings. The number of hydrogen-bond donors (Lipinski definition) is 1. The Morgan fingerprint density at radius 2 is 2.25 bits per heavy atom. The summed E-state index contributed by atoms with van der Waals surface area (Å²) in [6.45, 7) is 3.48. The third-order valence-electron chi connectivity index (χ3n) is 1.96. The van der Waals surface area contributed by atoms with E-state index in [4.69, 9.17) is 10.4 Å². The van der Waals surface area contributed by atoms with Crippen molar-refractivity contribution in [1.82, 2.24) is 4.90 Å². The zero-order valence-corrected chi connectivity index (χ0v) is 7.61. The summed E-state index contributed by atoms with van der Waals surface area (Å²) in [4.78, 5) is 12.2. The molecule has 68 valence electrons. The Bertz CT molecular complexity index is 198. The predicted octanol–water partition coefficient (Wildman–Crippen LogP) is 0.693. The summed E-state index contributed by atoms with van der Waals surface area (Å²) in [6.07, 6.45) is 0.512. The van der Waals surface area contributed by atoms with Crippen LogP contribution in [-0.4, -0.2) is 35.1 Å². The van der Waals surface area contributed by atoms with E-state index < -0.39 is 12.0 Å². The summed E-state index contributed by atoms with van der Waals surface area (Å²) in [5.74, 6) is -0.873. The Morgan fingerprint density at radius 1 is 1.75 bits per heavy atom. The molecule has 0 aliphatic heterocycles. The molecule has 2 atom stereocenters. The summed E-state index contributed by atoms with van der Waals surface area (Å²) in [7, 11) is 1.65. The van der Waals surface area contributed by atoms with Crippen molar-refractivity contribution >= 4 is 5.97 Å². The second-order valence-corrected chi connectivity index (χ2v) is 2.73. The van der Waals surface area contributed by atoms with Crippen LogP contribution in [0.15, 0.2) is 0 Å². The topological polar surface area (TPSA) is 64.3 Å². The van der Waals surface area contributed by atoms with Crippen LogP contribution >= 0.6 is 0 Å². The van der Waals surface area contributed by atoms with E-state index in [9.17, 15) is 4.79 Å². The Kier molecular flexibility index (Phi) is 4.30. The first-order valence-corrected chi connectivity index (χ1v) is 3.89. The van der Waals surface area contributed by atoms with Crippen molar-refractivity contribution in [2.75, 3.05) is 7.05 Å². The zero-order valence-electron chi connectivity index (χ0n) is 7.61. The van der Waals surface area contributed by atoms with Crippen LogP contribution in [0.4, 0.5) is 0 Å². The standard InChI is InChI=1S/C8H14N2O2/c1-4-7(8(11)12)10(3)6(2)5-9/h6-7H,4H2,1-3H3,(H,11,12). The van der Waals surface area contributed by atoms with Gasteiger partial charge in [-0.05, 0) is 20.4 Å². The minimum Gasteiger partial charge on any atom is -0.480 e. The maximum Gasteiger partial charge on any atom is 0.320 e. The SMILES string of the molecule is CCC(C(=O)O)N(C)C(C)C#N. The number of likely N-dealkylation sites (N-methyl/N-ethyl adjacent to an activating group) is 1. The maximum absolute atomic E-state index is 10.6. The average molecular weight is 170 g/mol. The van der Waals surface area contributed by atoms with Crippen molar-refractivity contribution in [3.8, 4) is 6.07 Å². The lowest BCUT2D eigenvalue weighted by atomic mass is 10.1. The van der Waals surface area contributed by atoms with E-state index in [1.54, 1.807) is 25.8 Å². The van der Waals surface area contributed by atoms with Crippen molar-refractivity contribution in [3.05, 3.63) is 0 Å². The second kappa shape index (κ2) is 4.73. The van der Waals surface area contributed by atoms with Gasteiger partial charge in [-0.1, -0.05) is 6.92 Å². The number of hydrogen-bond acceptors (Lipinski definition) is 3. The fourth-order valence-electron chi connectivity index (χ4n) is 0.998. The molecule has 0 fully saturated rings. The molecule has 0 aliphatic carbocycles. The molecule has 0 aromatic heterocycles. The third kappa shape index (κ3) is 2.51. The smallest absolute Gasteiger partial charge is 0.320 e. The van der Waals surface area contributed by atoms with Gasteiger partial charge in [-0.25, -0.2) is 0 Å². The van der Waals surface area contributed by atoms with E-state index in [1.807, 2.05) is 6.07 Å². The number of nitrogens with zero attached hydrogens (tertiary/aromatic N) is 2. The first-order valence-electron chi connectivity index (χ1n) is 3.89. The third-order valence-corrected chi connectivity index (χ3v) is 1.96. The van der Waals surface area contributed by atoms with Gasteiger partial charge < -0.3 is 5.11 Å². The molecule has 0 saturated heterocycles. The molecule has 0 saturated carbocycles. The highest BCUT2D eigenvalue weighted by atomic mass is 16.4. The van der Waals surface area contributed by atoms with Crippen molar-refractivity contribution in [2.45, 2.75) is 32.4 Å². The van der Waals surface area contributed by atoms with Crippen LogP contribution in [0, 0.1) is 11.3 Å². The lowest BCUT2D eigenvalue weighted by Crippen LogP contribution is -2.42. The molecule has 1 N–H and O–H groups in total. The number of carboxylic acid groups (broad SMARTS) is 1. The Labute approximate surface area is 72.4 Å². The van der Waals surface area contributed by atoms with Crippen molar-refractivity contribution in [1.29, 1.82) is 5.26 Å². The minimum absolute atomic E-state index is 0.356. The normalized spacial score (nSPS) is 15.2. The highest BCUT2D eigenvalue weighted by Crippen LogP contribution is 2.05. The Balaban J connectivity index is 4.33. The quantitative estimate of drug-likeness (QED) is 0.674. The van der Waals surface area contributed by atoms with Gasteiger partial charge in [0.1, 0.15) is 6.04 Å². The Hall–Kier alpha value is -1.08. The minimum atomic E-state index is -0.873. The van der Waals surface area contributed by atoms with Crippen LogP contribution in [0.2, 0.25) is 0 Å². The fourth-order valence-corrected chi connectivity index (χ4v) is 0.998. The second-order valence-electron chi connectivity index (χ2n) is 2.73. The van der Waals surface area contributed by atoms with Crippen LogP contribution in [-0.2, 0) is 4.79 Å². The van der Waals surface area contributed by atoms with Crippen molar-refractivity contribution < 1.29 is 9.90 Å². The van der Waals surface area contributed by atoms with E-state index in [1.165, 1.54) is 0 Å². The highest BCUT2D eigenvalue weighted by molar-refractivity contribution is 5.73. The van der Waals surface area contributed by atoms with Crippen LogP contribution in [0.25, 0.3) is 0 Å². The number of aliphatic carboxylic acids is 1.